The fraction of sp³-hybridized carbons (Fsp3) is 0.0698. The summed E-state index contributed by atoms with van der Waals surface area (Å²) >= 11 is 0.287. The van der Waals surface area contributed by atoms with E-state index in [2.05, 4.69) is 170 Å². The van der Waals surface area contributed by atoms with Crippen LogP contribution in [0.1, 0.15) is 25.0 Å². The second-order valence-electron chi connectivity index (χ2n) is 12.6. The predicted octanol–water partition coefficient (Wildman–Crippen LogP) is 11.6. The molecule has 1 heterocycles. The SMILES string of the molecule is CC1(C)c2ccccc2-c2ccc(N(c3ccc(-c4ccccc4)cc3)c3cccc4c3ccc3c5ccccc5[se]c43)cc21. The average Bonchev–Trinajstić information content (AvgIpc) is 3.58. The molecule has 0 fully saturated rings. The second-order valence-corrected chi connectivity index (χ2v) is 14.8. The van der Waals surface area contributed by atoms with Crippen LogP contribution < -0.4 is 4.90 Å². The fourth-order valence-corrected chi connectivity index (χ4v) is 9.99. The quantitative estimate of drug-likeness (QED) is 0.173. The molecule has 214 valence electrons. The van der Waals surface area contributed by atoms with E-state index in [9.17, 15) is 0 Å². The third-order valence-electron chi connectivity index (χ3n) is 9.68. The molecule has 0 radical (unpaired) electrons. The third kappa shape index (κ3) is 4.07. The topological polar surface area (TPSA) is 3.24 Å². The average molecular weight is 641 g/mol. The van der Waals surface area contributed by atoms with E-state index in [0.29, 0.717) is 0 Å². The molecule has 1 nitrogen and oxygen atoms in total. The van der Waals surface area contributed by atoms with Crippen LogP contribution >= 0.6 is 0 Å². The summed E-state index contributed by atoms with van der Waals surface area (Å²) in [6, 6.07) is 56.2. The van der Waals surface area contributed by atoms with Gasteiger partial charge in [0.05, 0.1) is 0 Å². The van der Waals surface area contributed by atoms with E-state index in [1.165, 1.54) is 74.8 Å². The van der Waals surface area contributed by atoms with Crippen molar-refractivity contribution in [2.45, 2.75) is 19.3 Å². The van der Waals surface area contributed by atoms with Crippen molar-refractivity contribution in [2.75, 3.05) is 4.90 Å². The van der Waals surface area contributed by atoms with Gasteiger partial charge in [0.2, 0.25) is 0 Å². The Bertz CT molecular complexity index is 2400. The minimum atomic E-state index is -0.0708. The van der Waals surface area contributed by atoms with Crippen molar-refractivity contribution in [3.63, 3.8) is 0 Å². The van der Waals surface area contributed by atoms with Gasteiger partial charge in [0.15, 0.2) is 0 Å². The van der Waals surface area contributed by atoms with Gasteiger partial charge >= 0.3 is 265 Å². The molecule has 1 aromatic heterocycles. The van der Waals surface area contributed by atoms with Crippen LogP contribution in [-0.4, -0.2) is 14.5 Å². The zero-order chi connectivity index (χ0) is 30.1. The van der Waals surface area contributed by atoms with Crippen molar-refractivity contribution >= 4 is 61.6 Å². The normalized spacial score (nSPS) is 13.3. The van der Waals surface area contributed by atoms with Gasteiger partial charge in [-0.05, 0) is 0 Å². The van der Waals surface area contributed by atoms with Crippen molar-refractivity contribution in [3.8, 4) is 22.3 Å². The molecule has 0 N–H and O–H groups in total. The van der Waals surface area contributed by atoms with Crippen LogP contribution in [-0.2, 0) is 5.41 Å². The summed E-state index contributed by atoms with van der Waals surface area (Å²) in [4.78, 5) is 2.47. The van der Waals surface area contributed by atoms with E-state index in [-0.39, 0.29) is 19.9 Å². The summed E-state index contributed by atoms with van der Waals surface area (Å²) in [5.74, 6) is 0. The van der Waals surface area contributed by atoms with E-state index in [1.54, 1.807) is 0 Å². The van der Waals surface area contributed by atoms with E-state index < -0.39 is 0 Å². The molecule has 0 spiro atoms. The van der Waals surface area contributed by atoms with Crippen LogP contribution in [0.4, 0.5) is 17.1 Å². The molecule has 7 aromatic carbocycles. The Morgan fingerprint density at radius 2 is 1.11 bits per heavy atom. The number of nitrogens with zero attached hydrogens (tertiary/aromatic N) is 1. The van der Waals surface area contributed by atoms with Crippen LogP contribution in [0.25, 0.3) is 52.3 Å². The molecule has 0 unspecified atom stereocenters. The Hall–Kier alpha value is -4.88. The fourth-order valence-electron chi connectivity index (χ4n) is 7.41. The molecule has 1 aliphatic carbocycles. The van der Waals surface area contributed by atoms with E-state index >= 15 is 0 Å². The molecule has 45 heavy (non-hydrogen) atoms. The van der Waals surface area contributed by atoms with Gasteiger partial charge in [0.1, 0.15) is 0 Å². The molecule has 0 atom stereocenters. The van der Waals surface area contributed by atoms with Crippen LogP contribution in [0.2, 0.25) is 0 Å². The van der Waals surface area contributed by atoms with Crippen molar-refractivity contribution in [3.05, 3.63) is 163 Å². The summed E-state index contributed by atoms with van der Waals surface area (Å²) in [7, 11) is 0. The molecule has 1 aliphatic rings. The number of fused-ring (bicyclic) bond motifs is 8. The van der Waals surface area contributed by atoms with Crippen molar-refractivity contribution < 1.29 is 0 Å². The van der Waals surface area contributed by atoms with Crippen molar-refractivity contribution in [2.24, 2.45) is 0 Å². The van der Waals surface area contributed by atoms with Crippen molar-refractivity contribution in [1.29, 1.82) is 0 Å². The van der Waals surface area contributed by atoms with Gasteiger partial charge in [-0.1, -0.05) is 6.07 Å². The van der Waals surface area contributed by atoms with Crippen LogP contribution in [0.5, 0.6) is 0 Å². The Morgan fingerprint density at radius 1 is 0.467 bits per heavy atom. The standard InChI is InChI=1S/C43H31NSe/c1-43(2)38-16-8-6-13-32(38)33-24-23-31(27-39(33)43)44(30-21-19-29(20-22-30)28-11-4-3-5-12-28)40-17-10-15-36-34(40)25-26-37-35-14-7-9-18-41(35)45-42(36)37/h3-27H,1-2H3. The van der Waals surface area contributed by atoms with Crippen LogP contribution in [0, 0.1) is 0 Å². The molecule has 0 saturated carbocycles. The third-order valence-corrected chi connectivity index (χ3v) is 12.2. The number of rotatable bonds is 4. The van der Waals surface area contributed by atoms with Gasteiger partial charge in [0.25, 0.3) is 0 Å². The maximum atomic E-state index is 2.47. The van der Waals surface area contributed by atoms with Crippen molar-refractivity contribution in [1.82, 2.24) is 0 Å². The van der Waals surface area contributed by atoms with Gasteiger partial charge in [-0.3, -0.25) is 0 Å². The first kappa shape index (κ1) is 26.5. The van der Waals surface area contributed by atoms with Crippen LogP contribution in [0.3, 0.4) is 0 Å². The molecule has 0 saturated heterocycles. The minimum absolute atomic E-state index is 0.0708. The molecule has 9 rings (SSSR count). The maximum absolute atomic E-state index is 2.47. The molecule has 0 bridgehead atoms. The number of hydrogen-bond acceptors (Lipinski definition) is 1. The first-order valence-corrected chi connectivity index (χ1v) is 17.3. The first-order chi connectivity index (χ1) is 22.1. The van der Waals surface area contributed by atoms with E-state index in [1.807, 2.05) is 0 Å². The monoisotopic (exact) mass is 641 g/mol. The summed E-state index contributed by atoms with van der Waals surface area (Å²) in [5, 5.41) is 5.45. The number of hydrogen-bond donors (Lipinski definition) is 0. The van der Waals surface area contributed by atoms with E-state index in [0.717, 1.165) is 5.69 Å². The molecular weight excluding hydrogens is 609 g/mol. The molecule has 8 aromatic rings. The first-order valence-electron chi connectivity index (χ1n) is 15.6. The summed E-state index contributed by atoms with van der Waals surface area (Å²) in [5.41, 5.74) is 11.4. The summed E-state index contributed by atoms with van der Waals surface area (Å²) in [6.07, 6.45) is 0. The summed E-state index contributed by atoms with van der Waals surface area (Å²) < 4.78 is 2.97. The van der Waals surface area contributed by atoms with Crippen LogP contribution in [0.15, 0.2) is 152 Å². The molecule has 2 heteroatoms. The number of benzene rings is 7. The molecule has 0 aliphatic heterocycles. The zero-order valence-electron chi connectivity index (χ0n) is 25.3. The zero-order valence-corrected chi connectivity index (χ0v) is 27.0. The predicted molar refractivity (Wildman–Crippen MR) is 194 cm³/mol. The van der Waals surface area contributed by atoms with Gasteiger partial charge in [-0.25, -0.2) is 0 Å². The van der Waals surface area contributed by atoms with E-state index in [4.69, 9.17) is 0 Å². The summed E-state index contributed by atoms with van der Waals surface area (Å²) in [6.45, 7) is 4.73. The Labute approximate surface area is 269 Å². The second kappa shape index (κ2) is 10.1. The van der Waals surface area contributed by atoms with Gasteiger partial charge in [-0.15, -0.1) is 0 Å². The Balaban J connectivity index is 1.27. The Morgan fingerprint density at radius 3 is 1.98 bits per heavy atom. The Kier molecular flexibility index (Phi) is 5.94. The number of anilines is 3. The molecule has 0 amide bonds. The van der Waals surface area contributed by atoms with Gasteiger partial charge < -0.3 is 0 Å². The van der Waals surface area contributed by atoms with Gasteiger partial charge in [-0.2, -0.15) is 0 Å². The molecular formula is C43H31NSe. The van der Waals surface area contributed by atoms with Gasteiger partial charge in [0, 0.05) is 0 Å².